The van der Waals surface area contributed by atoms with E-state index in [1.54, 1.807) is 11.8 Å². The van der Waals surface area contributed by atoms with Crippen LogP contribution in [0.25, 0.3) is 0 Å². The van der Waals surface area contributed by atoms with Gasteiger partial charge in [-0.2, -0.15) is 0 Å². The average molecular weight is 596 g/mol. The smallest absolute Gasteiger partial charge is 0.192 e. The Labute approximate surface area is 241 Å². The minimum absolute atomic E-state index is 0.128. The third-order valence-corrected chi connectivity index (χ3v) is 15.4. The fourth-order valence-electron chi connectivity index (χ4n) is 4.32. The van der Waals surface area contributed by atoms with Crippen LogP contribution < -0.4 is 9.62 Å². The zero-order chi connectivity index (χ0) is 27.9. The van der Waals surface area contributed by atoms with Gasteiger partial charge in [0.2, 0.25) is 0 Å². The second-order valence-corrected chi connectivity index (χ2v) is 21.0. The maximum atomic E-state index is 12.9. The van der Waals surface area contributed by atoms with E-state index in [1.165, 1.54) is 0 Å². The molecule has 1 aromatic carbocycles. The van der Waals surface area contributed by atoms with Crippen LogP contribution in [0, 0.1) is 0 Å². The number of rotatable bonds is 9. The highest BCUT2D eigenvalue weighted by Crippen LogP contribution is 2.42. The van der Waals surface area contributed by atoms with Gasteiger partial charge >= 0.3 is 0 Å². The minimum atomic E-state index is -1.92. The first kappa shape index (κ1) is 30.0. The molecule has 6 nitrogen and oxygen atoms in total. The number of ether oxygens (including phenoxy) is 1. The molecule has 2 aromatic rings. The molecule has 2 fully saturated rings. The fraction of sp³-hybridized carbons (Fsp3) is 0.607. The summed E-state index contributed by atoms with van der Waals surface area (Å²) in [5.74, 6) is 0. The number of hydrogen-bond donors (Lipinski definition) is 1. The number of pyridine rings is 1. The van der Waals surface area contributed by atoms with E-state index in [0.29, 0.717) is 30.3 Å². The monoisotopic (exact) mass is 595 g/mol. The highest BCUT2D eigenvalue weighted by Gasteiger charge is 2.40. The SMILES string of the molecule is CC(C)(C)S(=O)NCc1cc(N2CC3CC2CO3)cc(Cl)c1Sc1ncccc1CO[Si](C)(C)C(C)(C)C. The van der Waals surface area contributed by atoms with Crippen molar-refractivity contribution in [2.75, 3.05) is 18.1 Å². The van der Waals surface area contributed by atoms with Gasteiger partial charge < -0.3 is 14.1 Å². The molecular formula is C28H42ClN3O3S2Si. The second-order valence-electron chi connectivity index (χ2n) is 12.7. The quantitative estimate of drug-likeness (QED) is 0.317. The van der Waals surface area contributed by atoms with Crippen LogP contribution in [0.2, 0.25) is 23.2 Å². The molecule has 2 saturated heterocycles. The Morgan fingerprint density at radius 2 is 1.97 bits per heavy atom. The topological polar surface area (TPSA) is 63.7 Å². The average Bonchev–Trinajstić information content (AvgIpc) is 3.46. The summed E-state index contributed by atoms with van der Waals surface area (Å²) in [5, 5.41) is 1.69. The highest BCUT2D eigenvalue weighted by atomic mass is 35.5. The van der Waals surface area contributed by atoms with Crippen LogP contribution in [0.15, 0.2) is 40.4 Å². The molecule has 1 N–H and O–H groups in total. The van der Waals surface area contributed by atoms with Gasteiger partial charge in [-0.15, -0.1) is 0 Å². The second kappa shape index (κ2) is 11.5. The van der Waals surface area contributed by atoms with Crippen molar-refractivity contribution >= 4 is 48.4 Å². The van der Waals surface area contributed by atoms with E-state index in [0.717, 1.165) is 46.3 Å². The number of halogens is 1. The van der Waals surface area contributed by atoms with Gasteiger partial charge in [0.25, 0.3) is 0 Å². The summed E-state index contributed by atoms with van der Waals surface area (Å²) in [6, 6.07) is 8.67. The summed E-state index contributed by atoms with van der Waals surface area (Å²) in [5.41, 5.74) is 3.16. The largest absolute Gasteiger partial charge is 0.412 e. The minimum Gasteiger partial charge on any atom is -0.412 e. The number of fused-ring (bicyclic) bond motifs is 2. The van der Waals surface area contributed by atoms with Gasteiger partial charge in [-0.25, -0.2) is 13.9 Å². The summed E-state index contributed by atoms with van der Waals surface area (Å²) in [6.45, 7) is 19.8. The molecule has 0 saturated carbocycles. The molecule has 0 aliphatic carbocycles. The van der Waals surface area contributed by atoms with E-state index in [9.17, 15) is 4.21 Å². The standard InChI is InChI=1S/C28H42ClN3O3S2Si/c1-27(2,3)37(33)31-15-20-12-21(32-16-23-13-22(32)18-34-23)14-24(29)25(20)36-26-19(10-9-11-30-26)17-35-38(7,8)28(4,5)6/h9-12,14,22-23,31H,13,15-18H2,1-8H3. The lowest BCUT2D eigenvalue weighted by Gasteiger charge is -2.36. The molecule has 2 aliphatic rings. The van der Waals surface area contributed by atoms with Crippen molar-refractivity contribution < 1.29 is 13.4 Å². The van der Waals surface area contributed by atoms with Gasteiger partial charge in [-0.1, -0.05) is 50.2 Å². The Morgan fingerprint density at radius 3 is 2.58 bits per heavy atom. The lowest BCUT2D eigenvalue weighted by atomic mass is 10.1. The molecular weight excluding hydrogens is 554 g/mol. The highest BCUT2D eigenvalue weighted by molar-refractivity contribution is 7.99. The first-order valence-electron chi connectivity index (χ1n) is 13.3. The molecule has 38 heavy (non-hydrogen) atoms. The van der Waals surface area contributed by atoms with Crippen molar-refractivity contribution in [1.29, 1.82) is 0 Å². The molecule has 0 amide bonds. The first-order chi connectivity index (χ1) is 17.7. The number of benzene rings is 1. The lowest BCUT2D eigenvalue weighted by Crippen LogP contribution is -2.40. The van der Waals surface area contributed by atoms with Crippen LogP contribution in [0.1, 0.15) is 59.1 Å². The van der Waals surface area contributed by atoms with Crippen molar-refractivity contribution in [2.45, 2.75) is 106 Å². The zero-order valence-electron chi connectivity index (χ0n) is 23.9. The van der Waals surface area contributed by atoms with Crippen molar-refractivity contribution in [3.05, 3.63) is 46.6 Å². The van der Waals surface area contributed by atoms with Crippen LogP contribution in [0.3, 0.4) is 0 Å². The molecule has 3 heterocycles. The number of hydrogen-bond acceptors (Lipinski definition) is 6. The maximum absolute atomic E-state index is 12.9. The Morgan fingerprint density at radius 1 is 1.24 bits per heavy atom. The van der Waals surface area contributed by atoms with Crippen molar-refractivity contribution in [3.8, 4) is 0 Å². The Balaban J connectivity index is 1.63. The number of morpholine rings is 1. The predicted octanol–water partition coefficient (Wildman–Crippen LogP) is 6.94. The third-order valence-electron chi connectivity index (χ3n) is 7.73. The third kappa shape index (κ3) is 6.85. The van der Waals surface area contributed by atoms with E-state index in [1.807, 2.05) is 33.0 Å². The fourth-order valence-corrected chi connectivity index (χ4v) is 7.32. The van der Waals surface area contributed by atoms with Crippen LogP contribution in [-0.4, -0.2) is 47.6 Å². The van der Waals surface area contributed by atoms with Crippen LogP contribution in [-0.2, 0) is 33.3 Å². The molecule has 3 atom stereocenters. The molecule has 2 bridgehead atoms. The van der Waals surface area contributed by atoms with Crippen LogP contribution in [0.4, 0.5) is 5.69 Å². The van der Waals surface area contributed by atoms with E-state index in [2.05, 4.69) is 61.7 Å². The molecule has 0 radical (unpaired) electrons. The molecule has 4 rings (SSSR count). The predicted molar refractivity (Wildman–Crippen MR) is 162 cm³/mol. The number of anilines is 1. The maximum Gasteiger partial charge on any atom is 0.192 e. The summed E-state index contributed by atoms with van der Waals surface area (Å²) in [6.07, 6.45) is 3.16. The van der Waals surface area contributed by atoms with E-state index >= 15 is 0 Å². The van der Waals surface area contributed by atoms with Gasteiger partial charge in [0.05, 0.1) is 46.1 Å². The van der Waals surface area contributed by atoms with Crippen molar-refractivity contribution in [2.24, 2.45) is 0 Å². The Bertz CT molecular complexity index is 1180. The van der Waals surface area contributed by atoms with E-state index < -0.39 is 19.3 Å². The number of nitrogens with zero attached hydrogens (tertiary/aromatic N) is 2. The molecule has 0 spiro atoms. The van der Waals surface area contributed by atoms with E-state index in [4.69, 9.17) is 25.7 Å². The van der Waals surface area contributed by atoms with Gasteiger partial charge in [0.15, 0.2) is 8.32 Å². The molecule has 3 unspecified atom stereocenters. The number of aromatic nitrogens is 1. The summed E-state index contributed by atoms with van der Waals surface area (Å²) < 4.78 is 28.1. The molecule has 210 valence electrons. The lowest BCUT2D eigenvalue weighted by molar-refractivity contribution is 0.0991. The first-order valence-corrected chi connectivity index (χ1v) is 18.5. The van der Waals surface area contributed by atoms with Gasteiger partial charge in [0.1, 0.15) is 5.03 Å². The van der Waals surface area contributed by atoms with Gasteiger partial charge in [-0.05, 0) is 69.1 Å². The molecule has 10 heteroatoms. The summed E-state index contributed by atoms with van der Waals surface area (Å²) in [7, 11) is -3.12. The van der Waals surface area contributed by atoms with Crippen molar-refractivity contribution in [1.82, 2.24) is 9.71 Å². The molecule has 2 aliphatic heterocycles. The normalized spacial score (nSPS) is 20.8. The Kier molecular flexibility index (Phi) is 9.09. The molecule has 1 aromatic heterocycles. The van der Waals surface area contributed by atoms with Crippen molar-refractivity contribution in [3.63, 3.8) is 0 Å². The number of nitrogens with one attached hydrogen (secondary N) is 1. The van der Waals surface area contributed by atoms with Gasteiger partial charge in [0, 0.05) is 35.4 Å². The Hall–Kier alpha value is -0.943. The zero-order valence-corrected chi connectivity index (χ0v) is 27.3. The summed E-state index contributed by atoms with van der Waals surface area (Å²) in [4.78, 5) is 8.05. The van der Waals surface area contributed by atoms with Gasteiger partial charge in [-0.3, -0.25) is 0 Å². The van der Waals surface area contributed by atoms with E-state index in [-0.39, 0.29) is 9.79 Å². The van der Waals surface area contributed by atoms with Crippen LogP contribution >= 0.6 is 23.4 Å². The summed E-state index contributed by atoms with van der Waals surface area (Å²) >= 11 is 8.56. The van der Waals surface area contributed by atoms with Crippen LogP contribution in [0.5, 0.6) is 0 Å².